The number of rotatable bonds is 8. The molecule has 0 aromatic carbocycles. The topological polar surface area (TPSA) is 32.3 Å². The molecule has 0 aromatic rings. The minimum absolute atomic E-state index is 0.320. The molecule has 1 unspecified atom stereocenters. The van der Waals surface area contributed by atoms with E-state index in [0.29, 0.717) is 18.1 Å². The van der Waals surface area contributed by atoms with Gasteiger partial charge in [-0.1, -0.05) is 20.3 Å². The molecule has 1 heterocycles. The molecule has 94 valence electrons. The van der Waals surface area contributed by atoms with Crippen LogP contribution in [0.2, 0.25) is 0 Å². The molecule has 0 spiro atoms. The fourth-order valence-corrected chi connectivity index (χ4v) is 2.25. The first-order valence-electron chi connectivity index (χ1n) is 6.73. The van der Waals surface area contributed by atoms with Gasteiger partial charge in [0.15, 0.2) is 0 Å². The molecular formula is C13H26N2O. The van der Waals surface area contributed by atoms with Gasteiger partial charge in [-0.2, -0.15) is 0 Å². The number of hydrogen-bond donors (Lipinski definition) is 1. The van der Waals surface area contributed by atoms with E-state index in [1.165, 1.54) is 12.8 Å². The first kappa shape index (κ1) is 13.7. The summed E-state index contributed by atoms with van der Waals surface area (Å²) in [5.74, 6) is 0.766. The fraction of sp³-hybridized carbons (Fsp3) is 0.923. The average molecular weight is 226 g/mol. The summed E-state index contributed by atoms with van der Waals surface area (Å²) in [5.41, 5.74) is 0. The third-order valence-electron chi connectivity index (χ3n) is 3.39. The Morgan fingerprint density at radius 3 is 2.88 bits per heavy atom. The Bertz CT molecular complexity index is 206. The standard InChI is InChI=1S/C13H26N2O/c1-3-5-7-14-8-10-15-9-6-12(11-15)13(16)4-2/h12,14H,3-11H2,1-2H3. The molecule has 1 fully saturated rings. The van der Waals surface area contributed by atoms with Crippen molar-refractivity contribution < 1.29 is 4.79 Å². The molecule has 0 bridgehead atoms. The Labute approximate surface area is 99.6 Å². The molecule has 0 aromatic heterocycles. The molecule has 3 nitrogen and oxygen atoms in total. The number of ketones is 1. The smallest absolute Gasteiger partial charge is 0.137 e. The highest BCUT2D eigenvalue weighted by atomic mass is 16.1. The summed E-state index contributed by atoms with van der Waals surface area (Å²) in [6.07, 6.45) is 4.29. The summed E-state index contributed by atoms with van der Waals surface area (Å²) in [6, 6.07) is 0. The molecule has 16 heavy (non-hydrogen) atoms. The average Bonchev–Trinajstić information content (AvgIpc) is 2.76. The predicted octanol–water partition coefficient (Wildman–Crippen LogP) is 1.68. The largest absolute Gasteiger partial charge is 0.315 e. The lowest BCUT2D eigenvalue weighted by Gasteiger charge is -2.15. The third kappa shape index (κ3) is 4.62. The van der Waals surface area contributed by atoms with Crippen LogP contribution in [-0.2, 0) is 4.79 Å². The summed E-state index contributed by atoms with van der Waals surface area (Å²) in [7, 11) is 0. The lowest BCUT2D eigenvalue weighted by Crippen LogP contribution is -2.31. The highest BCUT2D eigenvalue weighted by molar-refractivity contribution is 5.81. The van der Waals surface area contributed by atoms with Crippen molar-refractivity contribution >= 4 is 5.78 Å². The molecular weight excluding hydrogens is 200 g/mol. The second kappa shape index (κ2) is 7.80. The van der Waals surface area contributed by atoms with Crippen molar-refractivity contribution in [2.75, 3.05) is 32.7 Å². The monoisotopic (exact) mass is 226 g/mol. The van der Waals surface area contributed by atoms with Gasteiger partial charge in [0.25, 0.3) is 0 Å². The zero-order chi connectivity index (χ0) is 11.8. The zero-order valence-corrected chi connectivity index (χ0v) is 10.8. The molecule has 1 saturated heterocycles. The van der Waals surface area contributed by atoms with Crippen LogP contribution in [0.5, 0.6) is 0 Å². The molecule has 1 N–H and O–H groups in total. The van der Waals surface area contributed by atoms with Crippen LogP contribution < -0.4 is 5.32 Å². The quantitative estimate of drug-likeness (QED) is 0.639. The molecule has 3 heteroatoms. The zero-order valence-electron chi connectivity index (χ0n) is 10.8. The number of Topliss-reactive ketones (excluding diaryl/α,β-unsaturated/α-hetero) is 1. The van der Waals surface area contributed by atoms with Gasteiger partial charge in [0.2, 0.25) is 0 Å². The number of hydrogen-bond acceptors (Lipinski definition) is 3. The SMILES string of the molecule is CCCCNCCN1CCC(C(=O)CC)C1. The molecule has 1 atom stereocenters. The van der Waals surface area contributed by atoms with Gasteiger partial charge in [-0.05, 0) is 25.9 Å². The van der Waals surface area contributed by atoms with Gasteiger partial charge < -0.3 is 10.2 Å². The first-order chi connectivity index (χ1) is 7.77. The van der Waals surface area contributed by atoms with Gasteiger partial charge in [0, 0.05) is 32.0 Å². The normalized spacial score (nSPS) is 21.5. The van der Waals surface area contributed by atoms with Crippen molar-refractivity contribution in [3.05, 3.63) is 0 Å². The van der Waals surface area contributed by atoms with E-state index in [1.807, 2.05) is 6.92 Å². The number of nitrogens with one attached hydrogen (secondary N) is 1. The van der Waals surface area contributed by atoms with E-state index in [2.05, 4.69) is 17.1 Å². The van der Waals surface area contributed by atoms with Crippen molar-refractivity contribution in [2.24, 2.45) is 5.92 Å². The van der Waals surface area contributed by atoms with Crippen LogP contribution in [0.1, 0.15) is 39.5 Å². The number of likely N-dealkylation sites (tertiary alicyclic amines) is 1. The summed E-state index contributed by atoms with van der Waals surface area (Å²) < 4.78 is 0. The lowest BCUT2D eigenvalue weighted by atomic mass is 10.0. The maximum Gasteiger partial charge on any atom is 0.137 e. The molecule has 0 aliphatic carbocycles. The number of nitrogens with zero attached hydrogens (tertiary/aromatic N) is 1. The van der Waals surface area contributed by atoms with Crippen molar-refractivity contribution in [1.82, 2.24) is 10.2 Å². The van der Waals surface area contributed by atoms with Crippen LogP contribution >= 0.6 is 0 Å². The van der Waals surface area contributed by atoms with Gasteiger partial charge in [-0.3, -0.25) is 4.79 Å². The van der Waals surface area contributed by atoms with Gasteiger partial charge in [-0.25, -0.2) is 0 Å². The minimum atomic E-state index is 0.320. The van der Waals surface area contributed by atoms with Crippen molar-refractivity contribution in [3.8, 4) is 0 Å². The summed E-state index contributed by atoms with van der Waals surface area (Å²) >= 11 is 0. The molecule has 1 rings (SSSR count). The third-order valence-corrected chi connectivity index (χ3v) is 3.39. The van der Waals surface area contributed by atoms with Crippen LogP contribution in [0.25, 0.3) is 0 Å². The fourth-order valence-electron chi connectivity index (χ4n) is 2.25. The van der Waals surface area contributed by atoms with Gasteiger partial charge >= 0.3 is 0 Å². The Hall–Kier alpha value is -0.410. The Morgan fingerprint density at radius 2 is 2.19 bits per heavy atom. The van der Waals surface area contributed by atoms with Crippen LogP contribution in [0.15, 0.2) is 0 Å². The lowest BCUT2D eigenvalue weighted by molar-refractivity contribution is -0.122. The van der Waals surface area contributed by atoms with E-state index < -0.39 is 0 Å². The van der Waals surface area contributed by atoms with E-state index in [0.717, 1.165) is 39.1 Å². The van der Waals surface area contributed by atoms with Crippen LogP contribution in [0, 0.1) is 5.92 Å². The predicted molar refractivity (Wildman–Crippen MR) is 67.6 cm³/mol. The van der Waals surface area contributed by atoms with E-state index in [1.54, 1.807) is 0 Å². The van der Waals surface area contributed by atoms with Crippen molar-refractivity contribution in [2.45, 2.75) is 39.5 Å². The van der Waals surface area contributed by atoms with E-state index in [9.17, 15) is 4.79 Å². The highest BCUT2D eigenvalue weighted by Gasteiger charge is 2.26. The summed E-state index contributed by atoms with van der Waals surface area (Å²) in [6.45, 7) is 9.56. The van der Waals surface area contributed by atoms with Crippen molar-refractivity contribution in [1.29, 1.82) is 0 Å². The Balaban J connectivity index is 2.05. The molecule has 0 radical (unpaired) electrons. The van der Waals surface area contributed by atoms with Crippen LogP contribution in [0.3, 0.4) is 0 Å². The van der Waals surface area contributed by atoms with Crippen LogP contribution in [-0.4, -0.2) is 43.4 Å². The van der Waals surface area contributed by atoms with Gasteiger partial charge in [0.1, 0.15) is 5.78 Å². The van der Waals surface area contributed by atoms with E-state index in [4.69, 9.17) is 0 Å². The number of carbonyl (C=O) groups excluding carboxylic acids is 1. The van der Waals surface area contributed by atoms with E-state index >= 15 is 0 Å². The molecule has 1 aliphatic rings. The Morgan fingerprint density at radius 1 is 1.38 bits per heavy atom. The van der Waals surface area contributed by atoms with E-state index in [-0.39, 0.29) is 0 Å². The minimum Gasteiger partial charge on any atom is -0.315 e. The summed E-state index contributed by atoms with van der Waals surface area (Å²) in [4.78, 5) is 13.9. The second-order valence-electron chi connectivity index (χ2n) is 4.71. The Kier molecular flexibility index (Phi) is 6.65. The second-order valence-corrected chi connectivity index (χ2v) is 4.71. The highest BCUT2D eigenvalue weighted by Crippen LogP contribution is 2.17. The number of unbranched alkanes of at least 4 members (excludes halogenated alkanes) is 1. The van der Waals surface area contributed by atoms with Crippen LogP contribution in [0.4, 0.5) is 0 Å². The van der Waals surface area contributed by atoms with Gasteiger partial charge in [0.05, 0.1) is 0 Å². The maximum absolute atomic E-state index is 11.5. The molecule has 0 saturated carbocycles. The van der Waals surface area contributed by atoms with Crippen molar-refractivity contribution in [3.63, 3.8) is 0 Å². The maximum atomic E-state index is 11.5. The molecule has 1 aliphatic heterocycles. The first-order valence-corrected chi connectivity index (χ1v) is 6.73. The van der Waals surface area contributed by atoms with Gasteiger partial charge in [-0.15, -0.1) is 0 Å². The number of carbonyl (C=O) groups is 1. The summed E-state index contributed by atoms with van der Waals surface area (Å²) in [5, 5.41) is 3.44. The molecule has 0 amide bonds.